The second-order valence-corrected chi connectivity index (χ2v) is 4.85. The van der Waals surface area contributed by atoms with Crippen molar-refractivity contribution in [2.45, 2.75) is 66.3 Å². The van der Waals surface area contributed by atoms with Gasteiger partial charge in [0.25, 0.3) is 0 Å². The molecule has 0 aromatic rings. The van der Waals surface area contributed by atoms with E-state index in [-0.39, 0.29) is 11.5 Å². The van der Waals surface area contributed by atoms with E-state index in [1.54, 1.807) is 0 Å². The zero-order valence-corrected chi connectivity index (χ0v) is 12.0. The summed E-state index contributed by atoms with van der Waals surface area (Å²) in [7, 11) is 0. The number of hydrogen-bond acceptors (Lipinski definition) is 2. The Morgan fingerprint density at radius 1 is 1.19 bits per heavy atom. The molecule has 0 bridgehead atoms. The van der Waals surface area contributed by atoms with Crippen LogP contribution in [-0.4, -0.2) is 29.3 Å². The molecule has 2 atom stereocenters. The van der Waals surface area contributed by atoms with Gasteiger partial charge in [-0.2, -0.15) is 0 Å². The number of hydrogen-bond donors (Lipinski definition) is 0. The van der Waals surface area contributed by atoms with Gasteiger partial charge in [0, 0.05) is 5.92 Å². The molecular weight excluding hydrogens is 198 g/mol. The Balaban J connectivity index is 4.86. The largest absolute Gasteiger partial charge is 0.297 e. The van der Waals surface area contributed by atoms with Gasteiger partial charge in [-0.15, -0.1) is 0 Å². The lowest BCUT2D eigenvalue weighted by atomic mass is 9.82. The van der Waals surface area contributed by atoms with E-state index in [9.17, 15) is 4.79 Å². The average Bonchev–Trinajstić information content (AvgIpc) is 2.29. The Morgan fingerprint density at radius 2 is 1.69 bits per heavy atom. The van der Waals surface area contributed by atoms with Gasteiger partial charge in [0.2, 0.25) is 0 Å². The molecule has 0 aromatic carbocycles. The highest BCUT2D eigenvalue weighted by atomic mass is 16.1. The van der Waals surface area contributed by atoms with Crippen LogP contribution in [0.3, 0.4) is 0 Å². The SMILES string of the molecule is CCCC(C)C(=O)C(C)(CC)N(CC)CC. The predicted octanol–water partition coefficient (Wildman–Crippen LogP) is 3.50. The molecule has 0 radical (unpaired) electrons. The molecule has 2 heteroatoms. The van der Waals surface area contributed by atoms with E-state index in [4.69, 9.17) is 0 Å². The summed E-state index contributed by atoms with van der Waals surface area (Å²) in [5, 5.41) is 0. The lowest BCUT2D eigenvalue weighted by Gasteiger charge is -2.40. The molecule has 0 heterocycles. The Bertz CT molecular complexity index is 211. The van der Waals surface area contributed by atoms with Gasteiger partial charge >= 0.3 is 0 Å². The number of Topliss-reactive ketones (excluding diaryl/α,β-unsaturated/α-hetero) is 1. The zero-order valence-electron chi connectivity index (χ0n) is 12.0. The average molecular weight is 227 g/mol. The lowest BCUT2D eigenvalue weighted by molar-refractivity contribution is -0.134. The first-order chi connectivity index (χ1) is 7.47. The van der Waals surface area contributed by atoms with Gasteiger partial charge in [-0.3, -0.25) is 9.69 Å². The third-order valence-electron chi connectivity index (χ3n) is 3.85. The topological polar surface area (TPSA) is 20.3 Å². The molecule has 0 N–H and O–H groups in total. The Kier molecular flexibility index (Phi) is 6.89. The molecule has 0 aliphatic rings. The molecule has 0 saturated carbocycles. The monoisotopic (exact) mass is 227 g/mol. The van der Waals surface area contributed by atoms with Gasteiger partial charge in [0.15, 0.2) is 5.78 Å². The first-order valence-corrected chi connectivity index (χ1v) is 6.77. The molecule has 0 saturated heterocycles. The molecule has 0 spiro atoms. The van der Waals surface area contributed by atoms with Crippen molar-refractivity contribution >= 4 is 5.78 Å². The van der Waals surface area contributed by atoms with Gasteiger partial charge in [-0.25, -0.2) is 0 Å². The highest BCUT2D eigenvalue weighted by Crippen LogP contribution is 2.25. The zero-order chi connectivity index (χ0) is 12.8. The Hall–Kier alpha value is -0.370. The fraction of sp³-hybridized carbons (Fsp3) is 0.929. The van der Waals surface area contributed by atoms with E-state index < -0.39 is 0 Å². The number of likely N-dealkylation sites (N-methyl/N-ethyl adjacent to an activating group) is 1. The van der Waals surface area contributed by atoms with Crippen LogP contribution in [0.5, 0.6) is 0 Å². The van der Waals surface area contributed by atoms with Crippen molar-refractivity contribution in [3.8, 4) is 0 Å². The number of carbonyl (C=O) groups excluding carboxylic acids is 1. The summed E-state index contributed by atoms with van der Waals surface area (Å²) < 4.78 is 0. The summed E-state index contributed by atoms with van der Waals surface area (Å²) in [6, 6.07) is 0. The molecular formula is C14H29NO. The summed E-state index contributed by atoms with van der Waals surface area (Å²) in [6.45, 7) is 14.6. The number of nitrogens with zero attached hydrogens (tertiary/aromatic N) is 1. The quantitative estimate of drug-likeness (QED) is 0.632. The highest BCUT2D eigenvalue weighted by molar-refractivity contribution is 5.89. The molecule has 0 aromatic heterocycles. The summed E-state index contributed by atoms with van der Waals surface area (Å²) in [5.74, 6) is 0.608. The maximum Gasteiger partial charge on any atom is 0.155 e. The van der Waals surface area contributed by atoms with Gasteiger partial charge in [-0.1, -0.05) is 41.0 Å². The van der Waals surface area contributed by atoms with E-state index in [0.29, 0.717) is 5.78 Å². The summed E-state index contributed by atoms with van der Waals surface area (Å²) in [5.41, 5.74) is -0.266. The molecule has 96 valence electrons. The number of ketones is 1. The van der Waals surface area contributed by atoms with Crippen LogP contribution in [0, 0.1) is 5.92 Å². The first kappa shape index (κ1) is 15.6. The van der Waals surface area contributed by atoms with Crippen LogP contribution in [0.2, 0.25) is 0 Å². The minimum atomic E-state index is -0.266. The van der Waals surface area contributed by atoms with E-state index in [0.717, 1.165) is 32.4 Å². The lowest BCUT2D eigenvalue weighted by Crippen LogP contribution is -2.53. The second kappa shape index (κ2) is 7.05. The minimum Gasteiger partial charge on any atom is -0.297 e. The maximum atomic E-state index is 12.5. The van der Waals surface area contributed by atoms with Crippen molar-refractivity contribution in [2.24, 2.45) is 5.92 Å². The van der Waals surface area contributed by atoms with Crippen LogP contribution in [0.15, 0.2) is 0 Å². The Morgan fingerprint density at radius 3 is 2.00 bits per heavy atom. The summed E-state index contributed by atoms with van der Waals surface area (Å²) in [6.07, 6.45) is 3.00. The van der Waals surface area contributed by atoms with E-state index in [2.05, 4.69) is 46.4 Å². The van der Waals surface area contributed by atoms with Gasteiger partial charge in [0.1, 0.15) is 0 Å². The van der Waals surface area contributed by atoms with Gasteiger partial charge < -0.3 is 0 Å². The van der Waals surface area contributed by atoms with Crippen LogP contribution < -0.4 is 0 Å². The van der Waals surface area contributed by atoms with Crippen molar-refractivity contribution in [3.05, 3.63) is 0 Å². The summed E-state index contributed by atoms with van der Waals surface area (Å²) in [4.78, 5) is 14.8. The third kappa shape index (κ3) is 3.31. The highest BCUT2D eigenvalue weighted by Gasteiger charge is 2.37. The Labute approximate surface area is 101 Å². The third-order valence-corrected chi connectivity index (χ3v) is 3.85. The van der Waals surface area contributed by atoms with E-state index >= 15 is 0 Å². The fourth-order valence-corrected chi connectivity index (χ4v) is 2.57. The van der Waals surface area contributed by atoms with E-state index in [1.165, 1.54) is 0 Å². The minimum absolute atomic E-state index is 0.190. The van der Waals surface area contributed by atoms with Crippen molar-refractivity contribution in [1.29, 1.82) is 0 Å². The van der Waals surface area contributed by atoms with Crippen LogP contribution in [0.1, 0.15) is 60.8 Å². The maximum absolute atomic E-state index is 12.5. The second-order valence-electron chi connectivity index (χ2n) is 4.85. The number of carbonyl (C=O) groups is 1. The predicted molar refractivity (Wildman–Crippen MR) is 70.7 cm³/mol. The molecule has 2 unspecified atom stereocenters. The summed E-state index contributed by atoms with van der Waals surface area (Å²) >= 11 is 0. The molecule has 2 nitrogen and oxygen atoms in total. The van der Waals surface area contributed by atoms with Gasteiger partial charge in [0.05, 0.1) is 5.54 Å². The molecule has 0 aliphatic heterocycles. The molecule has 16 heavy (non-hydrogen) atoms. The first-order valence-electron chi connectivity index (χ1n) is 6.77. The molecule has 0 fully saturated rings. The normalized spacial score (nSPS) is 17.2. The number of rotatable bonds is 8. The van der Waals surface area contributed by atoms with Crippen LogP contribution in [-0.2, 0) is 4.79 Å². The molecule has 0 aliphatic carbocycles. The van der Waals surface area contributed by atoms with Crippen LogP contribution >= 0.6 is 0 Å². The van der Waals surface area contributed by atoms with Crippen LogP contribution in [0.25, 0.3) is 0 Å². The fourth-order valence-electron chi connectivity index (χ4n) is 2.57. The van der Waals surface area contributed by atoms with Crippen molar-refractivity contribution in [1.82, 2.24) is 4.90 Å². The smallest absolute Gasteiger partial charge is 0.155 e. The standard InChI is InChI=1S/C14H29NO/c1-7-11-12(5)13(16)14(6,8-2)15(9-3)10-4/h12H,7-11H2,1-6H3. The van der Waals surface area contributed by atoms with Crippen LogP contribution in [0.4, 0.5) is 0 Å². The van der Waals surface area contributed by atoms with Gasteiger partial charge in [-0.05, 0) is 32.9 Å². The van der Waals surface area contributed by atoms with Crippen molar-refractivity contribution < 1.29 is 4.79 Å². The molecule has 0 rings (SSSR count). The van der Waals surface area contributed by atoms with Crippen molar-refractivity contribution in [3.63, 3.8) is 0 Å². The van der Waals surface area contributed by atoms with E-state index in [1.807, 2.05) is 0 Å². The van der Waals surface area contributed by atoms with Crippen molar-refractivity contribution in [2.75, 3.05) is 13.1 Å². The molecule has 0 amide bonds.